The number of piperidine rings is 1. The van der Waals surface area contributed by atoms with Crippen molar-refractivity contribution in [3.8, 4) is 5.75 Å². The van der Waals surface area contributed by atoms with Gasteiger partial charge in [-0.05, 0) is 57.3 Å². The number of primary amides is 1. The summed E-state index contributed by atoms with van der Waals surface area (Å²) in [6, 6.07) is 6.81. The summed E-state index contributed by atoms with van der Waals surface area (Å²) in [5.74, 6) is 2.63. The van der Waals surface area contributed by atoms with E-state index in [1.165, 1.54) is 5.56 Å². The first-order chi connectivity index (χ1) is 16.9. The molecule has 4 heterocycles. The molecule has 5 rings (SSSR count). The molecule has 1 fully saturated rings. The van der Waals surface area contributed by atoms with Gasteiger partial charge in [-0.25, -0.2) is 9.67 Å². The van der Waals surface area contributed by atoms with Crippen LogP contribution < -0.4 is 15.8 Å². The number of carbonyl (C=O) groups excluding carboxylic acids is 1. The summed E-state index contributed by atoms with van der Waals surface area (Å²) in [5, 5.41) is 8.31. The van der Waals surface area contributed by atoms with Crippen molar-refractivity contribution in [3.63, 3.8) is 0 Å². The summed E-state index contributed by atoms with van der Waals surface area (Å²) >= 11 is 0. The molecule has 3 aliphatic rings. The Morgan fingerprint density at radius 3 is 2.80 bits per heavy atom. The molecule has 3 aliphatic heterocycles. The van der Waals surface area contributed by atoms with Gasteiger partial charge in [0.05, 0.1) is 18.8 Å². The van der Waals surface area contributed by atoms with E-state index < -0.39 is 0 Å². The number of nitrogens with two attached hydrogens (primary N) is 1. The van der Waals surface area contributed by atoms with E-state index in [0.717, 1.165) is 55.3 Å². The minimum absolute atomic E-state index is 0.0165. The van der Waals surface area contributed by atoms with Crippen LogP contribution in [0.4, 0.5) is 0 Å². The van der Waals surface area contributed by atoms with Crippen molar-refractivity contribution in [2.24, 2.45) is 5.73 Å². The number of ether oxygens (including phenoxy) is 2. The lowest BCUT2D eigenvalue weighted by Crippen LogP contribution is -2.39. The zero-order chi connectivity index (χ0) is 24.5. The Morgan fingerprint density at radius 1 is 1.29 bits per heavy atom. The lowest BCUT2D eigenvalue weighted by molar-refractivity contribution is -0.119. The molecular formula is C25H35N7O3. The second-order valence-electron chi connectivity index (χ2n) is 9.81. The van der Waals surface area contributed by atoms with Gasteiger partial charge in [0.15, 0.2) is 11.6 Å². The summed E-state index contributed by atoms with van der Waals surface area (Å²) < 4.78 is 13.4. The van der Waals surface area contributed by atoms with Gasteiger partial charge >= 0.3 is 0 Å². The van der Waals surface area contributed by atoms with Gasteiger partial charge in [-0.15, -0.1) is 0 Å². The zero-order valence-electron chi connectivity index (χ0n) is 20.7. The summed E-state index contributed by atoms with van der Waals surface area (Å²) in [4.78, 5) is 20.4. The van der Waals surface area contributed by atoms with Crippen molar-refractivity contribution in [1.29, 1.82) is 0 Å². The highest BCUT2D eigenvalue weighted by atomic mass is 16.5. The largest absolute Gasteiger partial charge is 0.491 e. The third kappa shape index (κ3) is 4.85. The molecule has 1 aromatic heterocycles. The molecule has 10 heteroatoms. The van der Waals surface area contributed by atoms with Gasteiger partial charge in [0.2, 0.25) is 5.91 Å². The number of amides is 1. The van der Waals surface area contributed by atoms with Gasteiger partial charge in [-0.3, -0.25) is 9.69 Å². The van der Waals surface area contributed by atoms with Gasteiger partial charge in [0, 0.05) is 24.9 Å². The molecule has 0 bridgehead atoms. The third-order valence-corrected chi connectivity index (χ3v) is 6.98. The smallest absolute Gasteiger partial charge is 0.231 e. The Hall–Kier alpha value is -3.11. The fourth-order valence-electron chi connectivity index (χ4n) is 5.24. The van der Waals surface area contributed by atoms with Crippen LogP contribution in [0.2, 0.25) is 0 Å². The second-order valence-corrected chi connectivity index (χ2v) is 9.81. The summed E-state index contributed by atoms with van der Waals surface area (Å²) in [6.07, 6.45) is 4.14. The first-order valence-electron chi connectivity index (χ1n) is 12.4. The van der Waals surface area contributed by atoms with E-state index >= 15 is 0 Å². The molecule has 1 atom stereocenters. The molecule has 2 aromatic rings. The maximum absolute atomic E-state index is 11.2. The summed E-state index contributed by atoms with van der Waals surface area (Å²) in [5.41, 5.74) is 8.74. The van der Waals surface area contributed by atoms with Gasteiger partial charge < -0.3 is 25.4 Å². The number of aromatic nitrogens is 3. The standard InChI is InChI=1S/C25H35N7O3/c1-16(2)32-25(28-23(29-32)15-34-3)20-13-31-10-11-35-21-12-18(4-5-19(21)24(31)27-20)17-6-8-30(9-7-17)14-22(26)33/h4-5,12-13,16-17,24,27H,6-11,14-15H2,1-3H3,(H2,26,33). The van der Waals surface area contributed by atoms with Crippen molar-refractivity contribution in [1.82, 2.24) is 29.9 Å². The van der Waals surface area contributed by atoms with E-state index in [0.29, 0.717) is 31.5 Å². The van der Waals surface area contributed by atoms with Crippen LogP contribution in [-0.4, -0.2) is 70.4 Å². The number of hydrogen-bond donors (Lipinski definition) is 2. The van der Waals surface area contributed by atoms with E-state index in [1.54, 1.807) is 7.11 Å². The minimum Gasteiger partial charge on any atom is -0.491 e. The monoisotopic (exact) mass is 481 g/mol. The zero-order valence-corrected chi connectivity index (χ0v) is 20.7. The average Bonchev–Trinajstić information content (AvgIpc) is 3.40. The van der Waals surface area contributed by atoms with E-state index in [4.69, 9.17) is 20.2 Å². The van der Waals surface area contributed by atoms with Crippen molar-refractivity contribution >= 4 is 11.6 Å². The molecular weight excluding hydrogens is 446 g/mol. The third-order valence-electron chi connectivity index (χ3n) is 6.98. The summed E-state index contributed by atoms with van der Waals surface area (Å²) in [6.45, 7) is 8.09. The molecule has 0 spiro atoms. The summed E-state index contributed by atoms with van der Waals surface area (Å²) in [7, 11) is 1.65. The molecule has 0 saturated carbocycles. The second kappa shape index (κ2) is 9.87. The van der Waals surface area contributed by atoms with Gasteiger partial charge in [0.25, 0.3) is 0 Å². The van der Waals surface area contributed by atoms with Crippen LogP contribution in [0.1, 0.15) is 67.6 Å². The fourth-order valence-corrected chi connectivity index (χ4v) is 5.24. The van der Waals surface area contributed by atoms with Crippen LogP contribution in [-0.2, 0) is 16.1 Å². The van der Waals surface area contributed by atoms with E-state index in [-0.39, 0.29) is 18.1 Å². The molecule has 0 aliphatic carbocycles. The van der Waals surface area contributed by atoms with Crippen LogP contribution >= 0.6 is 0 Å². The highest BCUT2D eigenvalue weighted by Gasteiger charge is 2.33. The molecule has 3 N–H and O–H groups in total. The van der Waals surface area contributed by atoms with Crippen molar-refractivity contribution in [2.75, 3.05) is 39.9 Å². The molecule has 188 valence electrons. The topological polar surface area (TPSA) is 111 Å². The Kier molecular flexibility index (Phi) is 6.66. The molecule has 1 unspecified atom stereocenters. The molecule has 0 radical (unpaired) electrons. The Labute approximate surface area is 206 Å². The van der Waals surface area contributed by atoms with E-state index in [2.05, 4.69) is 58.5 Å². The van der Waals surface area contributed by atoms with Gasteiger partial charge in [-0.1, -0.05) is 12.1 Å². The normalized spacial score (nSPS) is 20.6. The number of carbonyl (C=O) groups is 1. The number of nitrogens with zero attached hydrogens (tertiary/aromatic N) is 5. The SMILES string of the molecule is COCc1nc(C2=CN3CCOc4cc(C5CCN(CC(N)=O)CC5)ccc4C3N2)n(C(C)C)n1. The highest BCUT2D eigenvalue weighted by molar-refractivity contribution is 5.75. The lowest BCUT2D eigenvalue weighted by Gasteiger charge is -2.31. The number of nitrogens with one attached hydrogen (secondary N) is 1. The first-order valence-corrected chi connectivity index (χ1v) is 12.4. The van der Waals surface area contributed by atoms with Crippen molar-refractivity contribution in [2.45, 2.75) is 51.4 Å². The quantitative estimate of drug-likeness (QED) is 0.618. The van der Waals surface area contributed by atoms with Crippen LogP contribution in [0.5, 0.6) is 5.75 Å². The van der Waals surface area contributed by atoms with Gasteiger partial charge in [-0.2, -0.15) is 5.10 Å². The number of likely N-dealkylation sites (tertiary alicyclic amines) is 1. The fraction of sp³-hybridized carbons (Fsp3) is 0.560. The predicted octanol–water partition coefficient (Wildman–Crippen LogP) is 1.96. The lowest BCUT2D eigenvalue weighted by atomic mass is 9.88. The number of hydrogen-bond acceptors (Lipinski definition) is 8. The number of fused-ring (bicyclic) bond motifs is 3. The van der Waals surface area contributed by atoms with Crippen molar-refractivity contribution in [3.05, 3.63) is 47.2 Å². The minimum atomic E-state index is -0.259. The Bertz CT molecular complexity index is 1100. The average molecular weight is 482 g/mol. The number of rotatable bonds is 7. The van der Waals surface area contributed by atoms with E-state index in [9.17, 15) is 4.79 Å². The maximum Gasteiger partial charge on any atom is 0.231 e. The molecule has 1 saturated heterocycles. The van der Waals surface area contributed by atoms with Crippen LogP contribution in [0.15, 0.2) is 24.4 Å². The number of methoxy groups -OCH3 is 1. The number of benzene rings is 1. The molecule has 1 aromatic carbocycles. The predicted molar refractivity (Wildman–Crippen MR) is 131 cm³/mol. The van der Waals surface area contributed by atoms with Gasteiger partial charge in [0.1, 0.15) is 25.1 Å². The first kappa shape index (κ1) is 23.6. The highest BCUT2D eigenvalue weighted by Crippen LogP contribution is 2.39. The van der Waals surface area contributed by atoms with Crippen LogP contribution in [0, 0.1) is 0 Å². The molecule has 1 amide bonds. The molecule has 35 heavy (non-hydrogen) atoms. The van der Waals surface area contributed by atoms with Crippen LogP contribution in [0.3, 0.4) is 0 Å². The molecule has 10 nitrogen and oxygen atoms in total. The van der Waals surface area contributed by atoms with Crippen molar-refractivity contribution < 1.29 is 14.3 Å². The van der Waals surface area contributed by atoms with E-state index in [1.807, 2.05) is 4.68 Å². The maximum atomic E-state index is 11.2. The Balaban J connectivity index is 1.34. The van der Waals surface area contributed by atoms with Crippen LogP contribution in [0.25, 0.3) is 5.70 Å². The Morgan fingerprint density at radius 2 is 2.09 bits per heavy atom.